The summed E-state index contributed by atoms with van der Waals surface area (Å²) < 4.78 is 0. The first-order valence-corrected chi connectivity index (χ1v) is 9.50. The fourth-order valence-electron chi connectivity index (χ4n) is 3.80. The molecule has 0 atom stereocenters. The molecule has 2 heterocycles. The molecule has 152 valence electrons. The monoisotopic (exact) mass is 391 g/mol. The van der Waals surface area contributed by atoms with E-state index in [1.165, 1.54) is 11.0 Å². The molecule has 9 heteroatoms. The number of anilines is 1. The Morgan fingerprint density at radius 1 is 1.18 bits per heavy atom. The number of nitrogens with zero attached hydrogens (tertiary/aromatic N) is 3. The SMILES string of the molecule is CC1CCN(c2ccc(C(=O)N3CCC(O)(C(=O)O)CC3)cc2[N+](=O)[O-])CC1. The summed E-state index contributed by atoms with van der Waals surface area (Å²) in [5, 5.41) is 30.7. The number of carboxylic acid groups (broad SMARTS) is 1. The van der Waals surface area contributed by atoms with Gasteiger partial charge in [0.2, 0.25) is 0 Å². The number of benzene rings is 1. The maximum Gasteiger partial charge on any atom is 0.335 e. The lowest BCUT2D eigenvalue weighted by Gasteiger charge is -2.35. The molecule has 0 aliphatic carbocycles. The second-order valence-corrected chi connectivity index (χ2v) is 7.76. The van der Waals surface area contributed by atoms with E-state index in [0.717, 1.165) is 25.9 Å². The van der Waals surface area contributed by atoms with Gasteiger partial charge in [0.05, 0.1) is 4.92 Å². The molecular weight excluding hydrogens is 366 g/mol. The molecule has 1 amide bonds. The largest absolute Gasteiger partial charge is 0.479 e. The normalized spacial score (nSPS) is 20.1. The number of nitro groups is 1. The van der Waals surface area contributed by atoms with Gasteiger partial charge < -0.3 is 20.0 Å². The topological polar surface area (TPSA) is 124 Å². The van der Waals surface area contributed by atoms with Crippen molar-refractivity contribution in [1.82, 2.24) is 4.90 Å². The van der Waals surface area contributed by atoms with Crippen LogP contribution in [-0.4, -0.2) is 63.7 Å². The van der Waals surface area contributed by atoms with Gasteiger partial charge in [0.15, 0.2) is 5.60 Å². The molecule has 0 aromatic heterocycles. The summed E-state index contributed by atoms with van der Waals surface area (Å²) in [6, 6.07) is 4.51. The second kappa shape index (κ2) is 7.75. The molecule has 2 aliphatic heterocycles. The van der Waals surface area contributed by atoms with Crippen molar-refractivity contribution in [2.24, 2.45) is 5.92 Å². The van der Waals surface area contributed by atoms with Crippen molar-refractivity contribution in [3.63, 3.8) is 0 Å². The van der Waals surface area contributed by atoms with Crippen LogP contribution in [0, 0.1) is 16.0 Å². The van der Waals surface area contributed by atoms with Crippen LogP contribution >= 0.6 is 0 Å². The van der Waals surface area contributed by atoms with Gasteiger partial charge in [0.25, 0.3) is 11.6 Å². The van der Waals surface area contributed by atoms with Crippen molar-refractivity contribution in [2.75, 3.05) is 31.1 Å². The van der Waals surface area contributed by atoms with Crippen LogP contribution in [0.3, 0.4) is 0 Å². The first-order chi connectivity index (χ1) is 13.2. The number of aliphatic hydroxyl groups is 1. The van der Waals surface area contributed by atoms with Crippen LogP contribution in [0.1, 0.15) is 43.0 Å². The van der Waals surface area contributed by atoms with Crippen molar-refractivity contribution >= 4 is 23.3 Å². The minimum Gasteiger partial charge on any atom is -0.479 e. The molecule has 0 spiro atoms. The quantitative estimate of drug-likeness (QED) is 0.593. The van der Waals surface area contributed by atoms with Gasteiger partial charge >= 0.3 is 5.97 Å². The number of piperidine rings is 2. The van der Waals surface area contributed by atoms with E-state index in [9.17, 15) is 24.8 Å². The molecule has 3 rings (SSSR count). The Kier molecular flexibility index (Phi) is 5.55. The molecule has 2 saturated heterocycles. The van der Waals surface area contributed by atoms with Gasteiger partial charge in [-0.2, -0.15) is 0 Å². The van der Waals surface area contributed by atoms with Gasteiger partial charge in [-0.3, -0.25) is 14.9 Å². The number of hydrogen-bond donors (Lipinski definition) is 2. The Balaban J connectivity index is 1.77. The fourth-order valence-corrected chi connectivity index (χ4v) is 3.80. The summed E-state index contributed by atoms with van der Waals surface area (Å²) in [7, 11) is 0. The third kappa shape index (κ3) is 3.94. The molecule has 2 fully saturated rings. The van der Waals surface area contributed by atoms with E-state index in [0.29, 0.717) is 11.6 Å². The van der Waals surface area contributed by atoms with E-state index in [1.54, 1.807) is 12.1 Å². The molecule has 28 heavy (non-hydrogen) atoms. The van der Waals surface area contributed by atoms with Crippen molar-refractivity contribution in [3.8, 4) is 0 Å². The lowest BCUT2D eigenvalue weighted by molar-refractivity contribution is -0.384. The third-order valence-electron chi connectivity index (χ3n) is 5.82. The van der Waals surface area contributed by atoms with E-state index in [2.05, 4.69) is 6.92 Å². The predicted octanol–water partition coefficient (Wildman–Crippen LogP) is 1.88. The molecule has 0 bridgehead atoms. The first-order valence-electron chi connectivity index (χ1n) is 9.50. The van der Waals surface area contributed by atoms with E-state index < -0.39 is 22.4 Å². The molecule has 9 nitrogen and oxygen atoms in total. The average molecular weight is 391 g/mol. The number of aliphatic carboxylic acids is 1. The highest BCUT2D eigenvalue weighted by molar-refractivity contribution is 5.96. The smallest absolute Gasteiger partial charge is 0.335 e. The number of hydrogen-bond acceptors (Lipinski definition) is 6. The van der Waals surface area contributed by atoms with Crippen LogP contribution in [0.15, 0.2) is 18.2 Å². The van der Waals surface area contributed by atoms with Crippen molar-refractivity contribution in [1.29, 1.82) is 0 Å². The summed E-state index contributed by atoms with van der Waals surface area (Å²) >= 11 is 0. The number of rotatable bonds is 4. The Hall–Kier alpha value is -2.68. The van der Waals surface area contributed by atoms with Crippen LogP contribution in [0.5, 0.6) is 0 Å². The third-order valence-corrected chi connectivity index (χ3v) is 5.82. The molecule has 2 aliphatic rings. The van der Waals surface area contributed by atoms with Gasteiger partial charge in [-0.1, -0.05) is 6.92 Å². The Morgan fingerprint density at radius 2 is 1.79 bits per heavy atom. The van der Waals surface area contributed by atoms with Crippen LogP contribution in [-0.2, 0) is 4.79 Å². The van der Waals surface area contributed by atoms with Crippen LogP contribution < -0.4 is 4.90 Å². The van der Waals surface area contributed by atoms with Gasteiger partial charge in [-0.25, -0.2) is 4.79 Å². The minimum atomic E-state index is -1.82. The number of likely N-dealkylation sites (tertiary alicyclic amines) is 1. The second-order valence-electron chi connectivity index (χ2n) is 7.76. The summed E-state index contributed by atoms with van der Waals surface area (Å²) in [6.45, 7) is 3.82. The van der Waals surface area contributed by atoms with Crippen LogP contribution in [0.2, 0.25) is 0 Å². The molecule has 0 saturated carbocycles. The van der Waals surface area contributed by atoms with Gasteiger partial charge in [-0.05, 0) is 30.9 Å². The number of carboxylic acids is 1. The van der Waals surface area contributed by atoms with Crippen molar-refractivity contribution < 1.29 is 24.7 Å². The lowest BCUT2D eigenvalue weighted by atomic mass is 9.91. The molecule has 0 radical (unpaired) electrons. The molecule has 2 N–H and O–H groups in total. The van der Waals surface area contributed by atoms with Crippen molar-refractivity contribution in [2.45, 2.75) is 38.2 Å². The van der Waals surface area contributed by atoms with Gasteiger partial charge in [0, 0.05) is 50.7 Å². The number of carbonyl (C=O) groups excluding carboxylic acids is 1. The molecule has 1 aromatic carbocycles. The van der Waals surface area contributed by atoms with Gasteiger partial charge in [-0.15, -0.1) is 0 Å². The van der Waals surface area contributed by atoms with Crippen molar-refractivity contribution in [3.05, 3.63) is 33.9 Å². The van der Waals surface area contributed by atoms with Crippen LogP contribution in [0.4, 0.5) is 11.4 Å². The lowest BCUT2D eigenvalue weighted by Crippen LogP contribution is -2.50. The highest BCUT2D eigenvalue weighted by Gasteiger charge is 2.40. The highest BCUT2D eigenvalue weighted by Crippen LogP contribution is 2.33. The first kappa shape index (κ1) is 20.1. The van der Waals surface area contributed by atoms with E-state index >= 15 is 0 Å². The highest BCUT2D eigenvalue weighted by atomic mass is 16.6. The van der Waals surface area contributed by atoms with E-state index in [1.807, 2.05) is 4.90 Å². The zero-order valence-corrected chi connectivity index (χ0v) is 15.8. The summed E-state index contributed by atoms with van der Waals surface area (Å²) in [5.41, 5.74) is -1.20. The molecule has 0 unspecified atom stereocenters. The van der Waals surface area contributed by atoms with E-state index in [-0.39, 0.29) is 37.2 Å². The average Bonchev–Trinajstić information content (AvgIpc) is 2.68. The minimum absolute atomic E-state index is 0.0692. The predicted molar refractivity (Wildman–Crippen MR) is 101 cm³/mol. The summed E-state index contributed by atoms with van der Waals surface area (Å²) in [4.78, 5) is 38.4. The Bertz CT molecular complexity index is 780. The molecular formula is C19H25N3O6. The van der Waals surface area contributed by atoms with Gasteiger partial charge in [0.1, 0.15) is 5.69 Å². The van der Waals surface area contributed by atoms with E-state index in [4.69, 9.17) is 5.11 Å². The summed E-state index contributed by atoms with van der Waals surface area (Å²) in [6.07, 6.45) is 1.80. The number of amides is 1. The number of nitro benzene ring substituents is 1. The molecule has 1 aromatic rings. The Labute approximate surface area is 162 Å². The Morgan fingerprint density at radius 3 is 2.32 bits per heavy atom. The maximum atomic E-state index is 12.7. The number of carbonyl (C=O) groups is 2. The fraction of sp³-hybridized carbons (Fsp3) is 0.579. The zero-order valence-electron chi connectivity index (χ0n) is 15.8. The summed E-state index contributed by atoms with van der Waals surface area (Å²) in [5.74, 6) is -1.09. The maximum absolute atomic E-state index is 12.7. The zero-order chi connectivity index (χ0) is 20.5. The standard InChI is InChI=1S/C19H25N3O6/c1-13-4-8-20(9-5-13)15-3-2-14(12-16(15)22(27)28)17(23)21-10-6-19(26,7-11-21)18(24)25/h2-3,12-13,26H,4-11H2,1H3,(H,24,25). The van der Waals surface area contributed by atoms with Crippen LogP contribution in [0.25, 0.3) is 0 Å².